The lowest BCUT2D eigenvalue weighted by atomic mass is 9.92. The maximum Gasteiger partial charge on any atom is 0.347 e. The molecule has 0 aliphatic carbocycles. The van der Waals surface area contributed by atoms with Gasteiger partial charge in [0.1, 0.15) is 5.82 Å². The van der Waals surface area contributed by atoms with Crippen molar-refractivity contribution in [1.82, 2.24) is 19.7 Å². The Kier molecular flexibility index (Phi) is 6.04. The van der Waals surface area contributed by atoms with Gasteiger partial charge in [-0.2, -0.15) is 5.10 Å². The Balaban J connectivity index is 1.39. The molecule has 1 aromatic heterocycles. The van der Waals surface area contributed by atoms with Gasteiger partial charge in [0.15, 0.2) is 0 Å². The monoisotopic (exact) mass is 424 g/mol. The average molecular weight is 425 g/mol. The molecular formula is C23H25ClN4O2. The number of piperidine rings is 1. The van der Waals surface area contributed by atoms with Crippen LogP contribution < -0.4 is 5.69 Å². The molecule has 0 unspecified atom stereocenters. The molecule has 0 saturated carbocycles. The van der Waals surface area contributed by atoms with Gasteiger partial charge in [0.05, 0.1) is 12.1 Å². The summed E-state index contributed by atoms with van der Waals surface area (Å²) in [6, 6.07) is 15.3. The summed E-state index contributed by atoms with van der Waals surface area (Å²) in [5, 5.41) is 7.50. The number of nitrogens with zero attached hydrogens (tertiary/aromatic N) is 3. The van der Waals surface area contributed by atoms with E-state index in [4.69, 9.17) is 11.6 Å². The number of hydrogen-bond acceptors (Lipinski definition) is 3. The van der Waals surface area contributed by atoms with E-state index < -0.39 is 0 Å². The highest BCUT2D eigenvalue weighted by Gasteiger charge is 2.25. The number of amides is 1. The molecule has 0 bridgehead atoms. The second-order valence-electron chi connectivity index (χ2n) is 7.86. The van der Waals surface area contributed by atoms with E-state index in [0.717, 1.165) is 35.5 Å². The lowest BCUT2D eigenvalue weighted by Gasteiger charge is -2.32. The molecule has 7 heteroatoms. The highest BCUT2D eigenvalue weighted by atomic mass is 35.5. The Morgan fingerprint density at radius 1 is 1.13 bits per heavy atom. The zero-order valence-electron chi connectivity index (χ0n) is 17.0. The van der Waals surface area contributed by atoms with E-state index in [1.807, 2.05) is 60.4 Å². The normalized spacial score (nSPS) is 14.8. The van der Waals surface area contributed by atoms with Crippen LogP contribution in [0.1, 0.15) is 29.8 Å². The van der Waals surface area contributed by atoms with E-state index in [2.05, 4.69) is 10.2 Å². The maximum atomic E-state index is 12.7. The van der Waals surface area contributed by atoms with Gasteiger partial charge in [-0.05, 0) is 48.9 Å². The quantitative estimate of drug-likeness (QED) is 0.680. The SMILES string of the molecule is Cc1ccccc1-n1c(CC2CCN(C(=O)Cc3ccccc3Cl)CC2)n[nH]c1=O. The predicted molar refractivity (Wildman–Crippen MR) is 117 cm³/mol. The van der Waals surface area contributed by atoms with Gasteiger partial charge in [-0.3, -0.25) is 4.79 Å². The van der Waals surface area contributed by atoms with Crippen LogP contribution in [0.3, 0.4) is 0 Å². The van der Waals surface area contributed by atoms with Crippen molar-refractivity contribution in [2.75, 3.05) is 13.1 Å². The van der Waals surface area contributed by atoms with E-state index in [9.17, 15) is 9.59 Å². The highest BCUT2D eigenvalue weighted by molar-refractivity contribution is 6.31. The topological polar surface area (TPSA) is 71.0 Å². The van der Waals surface area contributed by atoms with Crippen LogP contribution in [0.4, 0.5) is 0 Å². The van der Waals surface area contributed by atoms with E-state index in [-0.39, 0.29) is 11.6 Å². The summed E-state index contributed by atoms with van der Waals surface area (Å²) in [6.45, 7) is 3.42. The first-order valence-electron chi connectivity index (χ1n) is 10.3. The molecule has 1 aliphatic rings. The zero-order valence-corrected chi connectivity index (χ0v) is 17.7. The minimum atomic E-state index is -0.216. The van der Waals surface area contributed by atoms with Crippen molar-refractivity contribution in [3.8, 4) is 5.69 Å². The molecule has 2 heterocycles. The summed E-state index contributed by atoms with van der Waals surface area (Å²) < 4.78 is 1.67. The number of aromatic nitrogens is 3. The van der Waals surface area contributed by atoms with Crippen LogP contribution in [-0.2, 0) is 17.6 Å². The molecule has 1 aliphatic heterocycles. The fourth-order valence-electron chi connectivity index (χ4n) is 4.09. The van der Waals surface area contributed by atoms with Gasteiger partial charge >= 0.3 is 5.69 Å². The Morgan fingerprint density at radius 2 is 1.83 bits per heavy atom. The molecule has 0 atom stereocenters. The van der Waals surface area contributed by atoms with Crippen LogP contribution in [0.15, 0.2) is 53.3 Å². The Labute approximate surface area is 180 Å². The number of halogens is 1. The average Bonchev–Trinajstić information content (AvgIpc) is 3.10. The number of hydrogen-bond donors (Lipinski definition) is 1. The molecule has 2 aromatic carbocycles. The number of para-hydroxylation sites is 1. The summed E-state index contributed by atoms with van der Waals surface area (Å²) >= 11 is 6.19. The maximum absolute atomic E-state index is 12.7. The minimum Gasteiger partial charge on any atom is -0.342 e. The minimum absolute atomic E-state index is 0.109. The van der Waals surface area contributed by atoms with Gasteiger partial charge in [0, 0.05) is 24.5 Å². The molecule has 30 heavy (non-hydrogen) atoms. The highest BCUT2D eigenvalue weighted by Crippen LogP contribution is 2.24. The molecule has 1 saturated heterocycles. The van der Waals surface area contributed by atoms with Gasteiger partial charge in [-0.25, -0.2) is 14.5 Å². The van der Waals surface area contributed by atoms with Crippen molar-refractivity contribution in [2.24, 2.45) is 5.92 Å². The molecule has 156 valence electrons. The molecule has 0 spiro atoms. The van der Waals surface area contributed by atoms with Gasteiger partial charge < -0.3 is 4.90 Å². The number of carbonyl (C=O) groups excluding carboxylic acids is 1. The summed E-state index contributed by atoms with van der Waals surface area (Å²) in [5.74, 6) is 1.24. The molecular weight excluding hydrogens is 400 g/mol. The fraction of sp³-hybridized carbons (Fsp3) is 0.348. The summed E-state index contributed by atoms with van der Waals surface area (Å²) in [5.41, 5.74) is 2.54. The van der Waals surface area contributed by atoms with Crippen LogP contribution in [0.25, 0.3) is 5.69 Å². The van der Waals surface area contributed by atoms with Gasteiger partial charge in [-0.1, -0.05) is 48.0 Å². The predicted octanol–water partition coefficient (Wildman–Crippen LogP) is 3.55. The fourth-order valence-corrected chi connectivity index (χ4v) is 4.29. The third-order valence-corrected chi connectivity index (χ3v) is 6.20. The lowest BCUT2D eigenvalue weighted by molar-refractivity contribution is -0.131. The van der Waals surface area contributed by atoms with E-state index in [1.54, 1.807) is 4.57 Å². The summed E-state index contributed by atoms with van der Waals surface area (Å²) in [6.07, 6.45) is 2.82. The third kappa shape index (κ3) is 4.33. The van der Waals surface area contributed by atoms with Crippen molar-refractivity contribution in [2.45, 2.75) is 32.6 Å². The van der Waals surface area contributed by atoms with Crippen molar-refractivity contribution in [1.29, 1.82) is 0 Å². The second-order valence-corrected chi connectivity index (χ2v) is 8.27. The van der Waals surface area contributed by atoms with Crippen LogP contribution in [0, 0.1) is 12.8 Å². The molecule has 3 aromatic rings. The van der Waals surface area contributed by atoms with Gasteiger partial charge in [-0.15, -0.1) is 0 Å². The van der Waals surface area contributed by atoms with E-state index in [1.165, 1.54) is 0 Å². The summed E-state index contributed by atoms with van der Waals surface area (Å²) in [7, 11) is 0. The molecule has 0 radical (unpaired) electrons. The van der Waals surface area contributed by atoms with Gasteiger partial charge in [0.2, 0.25) is 5.91 Å². The van der Waals surface area contributed by atoms with Crippen LogP contribution in [0.2, 0.25) is 5.02 Å². The Morgan fingerprint density at radius 3 is 2.57 bits per heavy atom. The number of aromatic amines is 1. The molecule has 1 fully saturated rings. The summed E-state index contributed by atoms with van der Waals surface area (Å²) in [4.78, 5) is 26.9. The first-order chi connectivity index (χ1) is 14.5. The number of benzene rings is 2. The smallest absolute Gasteiger partial charge is 0.342 e. The first-order valence-corrected chi connectivity index (χ1v) is 10.6. The number of rotatable bonds is 5. The zero-order chi connectivity index (χ0) is 21.1. The van der Waals surface area contributed by atoms with Gasteiger partial charge in [0.25, 0.3) is 0 Å². The Hall–Kier alpha value is -2.86. The Bertz CT molecular complexity index is 1100. The van der Waals surface area contributed by atoms with Crippen LogP contribution in [0.5, 0.6) is 0 Å². The number of H-pyrrole nitrogens is 1. The molecule has 1 N–H and O–H groups in total. The number of carbonyl (C=O) groups is 1. The number of likely N-dealkylation sites (tertiary alicyclic amines) is 1. The number of aryl methyl sites for hydroxylation is 1. The van der Waals surface area contributed by atoms with Crippen molar-refractivity contribution < 1.29 is 4.79 Å². The second kappa shape index (κ2) is 8.88. The largest absolute Gasteiger partial charge is 0.347 e. The van der Waals surface area contributed by atoms with Crippen LogP contribution >= 0.6 is 11.6 Å². The standard InChI is InChI=1S/C23H25ClN4O2/c1-16-6-2-5-9-20(16)28-21(25-26-23(28)30)14-17-10-12-27(13-11-17)22(29)15-18-7-3-4-8-19(18)24/h2-9,17H,10-15H2,1H3,(H,26,30). The lowest BCUT2D eigenvalue weighted by Crippen LogP contribution is -2.40. The van der Waals surface area contributed by atoms with E-state index >= 15 is 0 Å². The van der Waals surface area contributed by atoms with Crippen molar-refractivity contribution >= 4 is 17.5 Å². The van der Waals surface area contributed by atoms with E-state index in [0.29, 0.717) is 36.9 Å². The molecule has 6 nitrogen and oxygen atoms in total. The van der Waals surface area contributed by atoms with Crippen molar-refractivity contribution in [3.05, 3.63) is 81.0 Å². The first kappa shape index (κ1) is 20.4. The van der Waals surface area contributed by atoms with Crippen LogP contribution in [-0.4, -0.2) is 38.7 Å². The third-order valence-electron chi connectivity index (χ3n) is 5.84. The van der Waals surface area contributed by atoms with Crippen molar-refractivity contribution in [3.63, 3.8) is 0 Å². The molecule has 1 amide bonds. The molecule has 4 rings (SSSR count). The number of nitrogens with one attached hydrogen (secondary N) is 1.